The van der Waals surface area contributed by atoms with Crippen LogP contribution in [0.1, 0.15) is 48.0 Å². The molecule has 0 bridgehead atoms. The minimum absolute atomic E-state index is 0.188. The Morgan fingerprint density at radius 2 is 1.71 bits per heavy atom. The monoisotopic (exact) mass is 512 g/mol. The third-order valence-electron chi connectivity index (χ3n) is 5.15. The van der Waals surface area contributed by atoms with Crippen molar-refractivity contribution in [3.05, 3.63) is 59.7 Å². The Hall–Kier alpha value is -3.23. The normalized spacial score (nSPS) is 15.4. The van der Waals surface area contributed by atoms with Crippen LogP contribution < -0.4 is 9.47 Å². The number of halogens is 3. The average molecular weight is 513 g/mol. The molecule has 0 saturated heterocycles. The fraction of sp³-hybridized carbons (Fsp3) is 0.375. The highest BCUT2D eigenvalue weighted by Gasteiger charge is 2.37. The molecule has 35 heavy (non-hydrogen) atoms. The van der Waals surface area contributed by atoms with Crippen LogP contribution in [-0.4, -0.2) is 43.3 Å². The van der Waals surface area contributed by atoms with Crippen LogP contribution in [0.25, 0.3) is 0 Å². The van der Waals surface area contributed by atoms with Crippen molar-refractivity contribution in [1.29, 1.82) is 0 Å². The van der Waals surface area contributed by atoms with Gasteiger partial charge in [0.25, 0.3) is 10.1 Å². The molecule has 1 N–H and O–H groups in total. The Bertz CT molecular complexity index is 1190. The van der Waals surface area contributed by atoms with Crippen molar-refractivity contribution >= 4 is 16.1 Å². The molecule has 3 rings (SSSR count). The van der Waals surface area contributed by atoms with E-state index in [4.69, 9.17) is 14.0 Å². The maximum atomic E-state index is 13.0. The van der Waals surface area contributed by atoms with E-state index in [2.05, 4.69) is 16.6 Å². The highest BCUT2D eigenvalue weighted by molar-refractivity contribution is 7.85. The van der Waals surface area contributed by atoms with Crippen molar-refractivity contribution in [2.45, 2.75) is 44.1 Å². The van der Waals surface area contributed by atoms with E-state index < -0.39 is 46.2 Å². The minimum atomic E-state index is -5.01. The van der Waals surface area contributed by atoms with Gasteiger partial charge >= 0.3 is 12.3 Å². The maximum Gasteiger partial charge on any atom is 0.573 e. The van der Waals surface area contributed by atoms with Gasteiger partial charge in [-0.1, -0.05) is 36.5 Å². The lowest BCUT2D eigenvalue weighted by Gasteiger charge is -2.34. The maximum absolute atomic E-state index is 13.0. The summed E-state index contributed by atoms with van der Waals surface area (Å²) in [6.07, 6.45) is -1.68. The second kappa shape index (κ2) is 11.0. The van der Waals surface area contributed by atoms with Crippen LogP contribution in [0.5, 0.6) is 11.5 Å². The predicted molar refractivity (Wildman–Crippen MR) is 120 cm³/mol. The molecule has 2 aromatic carbocycles. The van der Waals surface area contributed by atoms with E-state index in [0.29, 0.717) is 18.4 Å². The first kappa shape index (κ1) is 26.4. The third-order valence-corrected chi connectivity index (χ3v) is 5.84. The molecular formula is C24H23F3O7S. The van der Waals surface area contributed by atoms with Crippen LogP contribution in [0, 0.1) is 11.8 Å². The molecular weight excluding hydrogens is 489 g/mol. The second-order valence-corrected chi connectivity index (χ2v) is 9.48. The molecule has 0 amide bonds. The predicted octanol–water partition coefficient (Wildman–Crippen LogP) is 4.76. The summed E-state index contributed by atoms with van der Waals surface area (Å²) in [5, 5.41) is 0. The molecule has 0 spiro atoms. The summed E-state index contributed by atoms with van der Waals surface area (Å²) in [7, 11) is -4.36. The number of benzene rings is 2. The first-order valence-corrected chi connectivity index (χ1v) is 12.3. The van der Waals surface area contributed by atoms with Crippen LogP contribution in [0.4, 0.5) is 13.2 Å². The van der Waals surface area contributed by atoms with E-state index >= 15 is 0 Å². The van der Waals surface area contributed by atoms with Crippen molar-refractivity contribution < 1.29 is 45.1 Å². The number of carbonyl (C=O) groups is 1. The summed E-state index contributed by atoms with van der Waals surface area (Å²) < 4.78 is 84.4. The Morgan fingerprint density at radius 1 is 1.03 bits per heavy atom. The molecule has 1 aliphatic carbocycles. The van der Waals surface area contributed by atoms with Crippen molar-refractivity contribution in [3.8, 4) is 23.3 Å². The highest BCUT2D eigenvalue weighted by atomic mass is 32.2. The quantitative estimate of drug-likeness (QED) is 0.324. The standard InChI is InChI=1S/C24H23F3O7S/c25-24(26,27)34-20-10-9-19(22(28)32-15-16-35(29,30)31)17-21(20)33-23(12-5-2-6-13-23)14-11-18-7-3-1-4-8-18/h1,3-4,7-10,17H,2,5-6,12-13,15-16H2,(H,29,30,31). The number of hydrogen-bond donors (Lipinski definition) is 1. The molecule has 0 aromatic heterocycles. The summed E-state index contributed by atoms with van der Waals surface area (Å²) in [4.78, 5) is 12.3. The number of hydrogen-bond acceptors (Lipinski definition) is 6. The van der Waals surface area contributed by atoms with Crippen molar-refractivity contribution in [3.63, 3.8) is 0 Å². The van der Waals surface area contributed by atoms with E-state index in [1.165, 1.54) is 0 Å². The molecule has 0 unspecified atom stereocenters. The second-order valence-electron chi connectivity index (χ2n) is 7.90. The average Bonchev–Trinajstić information content (AvgIpc) is 2.78. The molecule has 2 aromatic rings. The smallest absolute Gasteiger partial charge is 0.471 e. The van der Waals surface area contributed by atoms with Gasteiger partial charge < -0.3 is 14.2 Å². The number of rotatable bonds is 7. The topological polar surface area (TPSA) is 99.1 Å². The lowest BCUT2D eigenvalue weighted by molar-refractivity contribution is -0.275. The molecule has 188 valence electrons. The van der Waals surface area contributed by atoms with Crippen LogP contribution in [0.3, 0.4) is 0 Å². The van der Waals surface area contributed by atoms with Crippen molar-refractivity contribution in [1.82, 2.24) is 0 Å². The van der Waals surface area contributed by atoms with Crippen molar-refractivity contribution in [2.75, 3.05) is 12.4 Å². The fourth-order valence-electron chi connectivity index (χ4n) is 3.54. The highest BCUT2D eigenvalue weighted by Crippen LogP contribution is 2.39. The third kappa shape index (κ3) is 8.49. The number of carbonyl (C=O) groups excluding carboxylic acids is 1. The van der Waals surface area contributed by atoms with Gasteiger partial charge in [-0.05, 0) is 56.0 Å². The van der Waals surface area contributed by atoms with Crippen LogP contribution in [0.2, 0.25) is 0 Å². The van der Waals surface area contributed by atoms with Crippen LogP contribution >= 0.6 is 0 Å². The Labute approximate surface area is 200 Å². The molecule has 0 atom stereocenters. The van der Waals surface area contributed by atoms with Gasteiger partial charge in [0.1, 0.15) is 12.4 Å². The van der Waals surface area contributed by atoms with E-state index in [0.717, 1.165) is 37.5 Å². The summed E-state index contributed by atoms with van der Waals surface area (Å²) in [6, 6.07) is 12.0. The van der Waals surface area contributed by atoms with E-state index in [1.807, 2.05) is 18.2 Å². The van der Waals surface area contributed by atoms with Crippen molar-refractivity contribution in [2.24, 2.45) is 0 Å². The summed E-state index contributed by atoms with van der Waals surface area (Å²) >= 11 is 0. The van der Waals surface area contributed by atoms with Gasteiger partial charge in [-0.25, -0.2) is 4.79 Å². The molecule has 0 radical (unpaired) electrons. The Kier molecular flexibility index (Phi) is 8.30. The largest absolute Gasteiger partial charge is 0.573 e. The van der Waals surface area contributed by atoms with Gasteiger partial charge in [0.15, 0.2) is 17.1 Å². The van der Waals surface area contributed by atoms with Crippen LogP contribution in [-0.2, 0) is 14.9 Å². The molecule has 1 saturated carbocycles. The molecule has 1 aliphatic rings. The number of alkyl halides is 3. The van der Waals surface area contributed by atoms with Gasteiger partial charge in [0, 0.05) is 5.56 Å². The minimum Gasteiger partial charge on any atom is -0.471 e. The number of esters is 1. The van der Waals surface area contributed by atoms with E-state index in [-0.39, 0.29) is 11.3 Å². The first-order chi connectivity index (χ1) is 16.4. The zero-order valence-electron chi connectivity index (χ0n) is 18.5. The SMILES string of the molecule is O=C(OCCS(=O)(=O)O)c1ccc(OC(F)(F)F)c(OC2(C#Cc3ccccc3)CCCCC2)c1. The Morgan fingerprint density at radius 3 is 2.34 bits per heavy atom. The van der Waals surface area contributed by atoms with Gasteiger partial charge in [-0.2, -0.15) is 8.42 Å². The lowest BCUT2D eigenvalue weighted by atomic mass is 9.84. The molecule has 0 aliphatic heterocycles. The van der Waals surface area contributed by atoms with Gasteiger partial charge in [-0.3, -0.25) is 4.55 Å². The summed E-state index contributed by atoms with van der Waals surface area (Å²) in [5.41, 5.74) is -0.582. The molecule has 11 heteroatoms. The summed E-state index contributed by atoms with van der Waals surface area (Å²) in [5.74, 6) is 3.24. The Balaban J connectivity index is 1.93. The zero-order chi connectivity index (χ0) is 25.5. The van der Waals surface area contributed by atoms with Gasteiger partial charge in [-0.15, -0.1) is 13.2 Å². The van der Waals surface area contributed by atoms with Gasteiger partial charge in [0.05, 0.1) is 5.56 Å². The molecule has 1 fully saturated rings. The van der Waals surface area contributed by atoms with E-state index in [9.17, 15) is 26.4 Å². The van der Waals surface area contributed by atoms with E-state index in [1.54, 1.807) is 12.1 Å². The molecule has 0 heterocycles. The molecule has 7 nitrogen and oxygen atoms in total. The van der Waals surface area contributed by atoms with Gasteiger partial charge in [0.2, 0.25) is 0 Å². The zero-order valence-corrected chi connectivity index (χ0v) is 19.3. The van der Waals surface area contributed by atoms with Crippen LogP contribution in [0.15, 0.2) is 48.5 Å². The first-order valence-electron chi connectivity index (χ1n) is 10.7. The lowest BCUT2D eigenvalue weighted by Crippen LogP contribution is -2.37. The summed E-state index contributed by atoms with van der Waals surface area (Å²) in [6.45, 7) is -0.638. The fourth-order valence-corrected chi connectivity index (χ4v) is 3.83. The number of ether oxygens (including phenoxy) is 3.